The van der Waals surface area contributed by atoms with Crippen LogP contribution in [0.1, 0.15) is 40.7 Å². The molecule has 2 atom stereocenters. The lowest BCUT2D eigenvalue weighted by molar-refractivity contribution is -0.384. The van der Waals surface area contributed by atoms with E-state index in [9.17, 15) is 14.9 Å². The number of halogens is 1. The van der Waals surface area contributed by atoms with Crippen LogP contribution >= 0.6 is 27.3 Å². The highest BCUT2D eigenvalue weighted by Crippen LogP contribution is 2.39. The van der Waals surface area contributed by atoms with E-state index in [1.807, 2.05) is 0 Å². The van der Waals surface area contributed by atoms with Crippen molar-refractivity contribution in [1.82, 2.24) is 10.2 Å². The molecule has 1 aromatic heterocycles. The number of amides is 1. The summed E-state index contributed by atoms with van der Waals surface area (Å²) in [5.74, 6) is -0.212. The molecule has 0 spiro atoms. The van der Waals surface area contributed by atoms with Crippen molar-refractivity contribution >= 4 is 38.9 Å². The molecule has 0 saturated carbocycles. The van der Waals surface area contributed by atoms with E-state index in [1.165, 1.54) is 34.7 Å². The van der Waals surface area contributed by atoms with E-state index in [0.29, 0.717) is 24.2 Å². The number of nitrogens with zero attached hydrogens (tertiary/aromatic N) is 2. The van der Waals surface area contributed by atoms with E-state index in [2.05, 4.69) is 46.1 Å². The second-order valence-corrected chi connectivity index (χ2v) is 8.97. The van der Waals surface area contributed by atoms with Gasteiger partial charge in [0.1, 0.15) is 0 Å². The average molecular weight is 438 g/mol. The Balaban J connectivity index is 1.57. The Kier molecular flexibility index (Phi) is 5.74. The molecule has 2 heterocycles. The van der Waals surface area contributed by atoms with E-state index in [-0.39, 0.29) is 11.6 Å². The summed E-state index contributed by atoms with van der Waals surface area (Å²) < 4.78 is 1.16. The molecule has 0 saturated heterocycles. The summed E-state index contributed by atoms with van der Waals surface area (Å²) in [6, 6.07) is 8.58. The molecule has 1 aromatic carbocycles. The van der Waals surface area contributed by atoms with Crippen molar-refractivity contribution in [3.63, 3.8) is 0 Å². The zero-order chi connectivity index (χ0) is 18.8. The quantitative estimate of drug-likeness (QED) is 0.562. The number of hydrogen-bond donors (Lipinski definition) is 1. The van der Waals surface area contributed by atoms with E-state index in [4.69, 9.17) is 0 Å². The number of carbonyl (C=O) groups excluding carboxylic acids is 1. The summed E-state index contributed by atoms with van der Waals surface area (Å²) in [7, 11) is 0. The molecule has 1 aliphatic heterocycles. The van der Waals surface area contributed by atoms with E-state index in [1.54, 1.807) is 11.3 Å². The van der Waals surface area contributed by atoms with Crippen LogP contribution in [0.2, 0.25) is 0 Å². The van der Waals surface area contributed by atoms with E-state index < -0.39 is 4.92 Å². The molecule has 26 heavy (non-hydrogen) atoms. The van der Waals surface area contributed by atoms with Gasteiger partial charge in [0.05, 0.1) is 8.71 Å². The van der Waals surface area contributed by atoms with Gasteiger partial charge in [0.2, 0.25) is 0 Å². The number of nitro benzene ring substituents is 1. The summed E-state index contributed by atoms with van der Waals surface area (Å²) in [6.45, 7) is 5.70. The highest BCUT2D eigenvalue weighted by Gasteiger charge is 2.30. The lowest BCUT2D eigenvalue weighted by Gasteiger charge is -2.39. The maximum atomic E-state index is 12.2. The van der Waals surface area contributed by atoms with Crippen LogP contribution < -0.4 is 5.32 Å². The highest BCUT2D eigenvalue weighted by molar-refractivity contribution is 9.11. The molecule has 0 radical (unpaired) electrons. The van der Waals surface area contributed by atoms with Crippen molar-refractivity contribution in [2.75, 3.05) is 13.1 Å². The van der Waals surface area contributed by atoms with Gasteiger partial charge in [0.25, 0.3) is 11.6 Å². The van der Waals surface area contributed by atoms with Gasteiger partial charge in [-0.3, -0.25) is 19.8 Å². The fourth-order valence-electron chi connectivity index (χ4n) is 3.42. The molecular formula is C18H20BrN3O3S. The monoisotopic (exact) mass is 437 g/mol. The summed E-state index contributed by atoms with van der Waals surface area (Å²) >= 11 is 5.37. The van der Waals surface area contributed by atoms with Gasteiger partial charge >= 0.3 is 0 Å². The van der Waals surface area contributed by atoms with Crippen LogP contribution in [0, 0.1) is 10.1 Å². The molecule has 0 fully saturated rings. The lowest BCUT2D eigenvalue weighted by Crippen LogP contribution is -2.44. The van der Waals surface area contributed by atoms with Crippen LogP contribution in [0.15, 0.2) is 34.1 Å². The highest BCUT2D eigenvalue weighted by atomic mass is 79.9. The molecule has 1 N–H and O–H groups in total. The minimum absolute atomic E-state index is 0.0183. The van der Waals surface area contributed by atoms with Gasteiger partial charge in [0, 0.05) is 47.7 Å². The molecule has 6 nitrogen and oxygen atoms in total. The minimum Gasteiger partial charge on any atom is -0.351 e. The number of non-ortho nitro benzene ring substituents is 1. The molecule has 1 amide bonds. The Labute approximate surface area is 164 Å². The Bertz CT molecular complexity index is 822. The first-order valence-corrected chi connectivity index (χ1v) is 10.0. The second kappa shape index (κ2) is 7.85. The number of thiophene rings is 1. The molecule has 2 aromatic rings. The first-order valence-electron chi connectivity index (χ1n) is 8.43. The largest absolute Gasteiger partial charge is 0.351 e. The number of hydrogen-bond acceptors (Lipinski definition) is 5. The van der Waals surface area contributed by atoms with Gasteiger partial charge in [-0.05, 0) is 60.0 Å². The molecule has 8 heteroatoms. The SMILES string of the molecule is CC1Cc2sc(Br)cc2C(C)N1CCNC(=O)c1ccc([N+](=O)[O-])cc1. The number of benzene rings is 1. The molecule has 3 rings (SSSR count). The van der Waals surface area contributed by atoms with Crippen molar-refractivity contribution in [3.05, 3.63) is 60.2 Å². The van der Waals surface area contributed by atoms with Crippen molar-refractivity contribution in [1.29, 1.82) is 0 Å². The molecular weight excluding hydrogens is 418 g/mol. The van der Waals surface area contributed by atoms with Crippen LogP contribution in [0.4, 0.5) is 5.69 Å². The zero-order valence-corrected chi connectivity index (χ0v) is 17.0. The van der Waals surface area contributed by atoms with Gasteiger partial charge in [-0.2, -0.15) is 0 Å². The van der Waals surface area contributed by atoms with Crippen molar-refractivity contribution in [2.24, 2.45) is 0 Å². The van der Waals surface area contributed by atoms with Crippen LogP contribution in [-0.4, -0.2) is 34.9 Å². The number of carbonyl (C=O) groups is 1. The van der Waals surface area contributed by atoms with Crippen LogP contribution in [-0.2, 0) is 6.42 Å². The van der Waals surface area contributed by atoms with Gasteiger partial charge < -0.3 is 5.32 Å². The van der Waals surface area contributed by atoms with Gasteiger partial charge in [-0.1, -0.05) is 0 Å². The number of nitrogens with one attached hydrogen (secondary N) is 1. The zero-order valence-electron chi connectivity index (χ0n) is 14.6. The number of nitro groups is 1. The first-order chi connectivity index (χ1) is 12.4. The van der Waals surface area contributed by atoms with Crippen molar-refractivity contribution < 1.29 is 9.72 Å². The van der Waals surface area contributed by atoms with Gasteiger partial charge in [-0.15, -0.1) is 11.3 Å². The Morgan fingerprint density at radius 3 is 2.73 bits per heavy atom. The molecule has 2 unspecified atom stereocenters. The van der Waals surface area contributed by atoms with Gasteiger partial charge in [0.15, 0.2) is 0 Å². The molecule has 138 valence electrons. The van der Waals surface area contributed by atoms with Crippen LogP contribution in [0.5, 0.6) is 0 Å². The van der Waals surface area contributed by atoms with Crippen molar-refractivity contribution in [2.45, 2.75) is 32.4 Å². The Morgan fingerprint density at radius 2 is 2.08 bits per heavy atom. The van der Waals surface area contributed by atoms with Crippen molar-refractivity contribution in [3.8, 4) is 0 Å². The maximum Gasteiger partial charge on any atom is 0.269 e. The average Bonchev–Trinajstić information content (AvgIpc) is 2.98. The standard InChI is InChI=1S/C18H20BrN3O3S/c1-11-9-16-15(10-17(19)26-16)12(2)21(11)8-7-20-18(23)13-3-5-14(6-4-13)22(24)25/h3-6,10-12H,7-9H2,1-2H3,(H,20,23). The summed E-state index contributed by atoms with van der Waals surface area (Å²) in [5, 5.41) is 13.6. The topological polar surface area (TPSA) is 75.5 Å². The fraction of sp³-hybridized carbons (Fsp3) is 0.389. The minimum atomic E-state index is -0.474. The van der Waals surface area contributed by atoms with E-state index >= 15 is 0 Å². The van der Waals surface area contributed by atoms with E-state index in [0.717, 1.165) is 16.8 Å². The molecule has 1 aliphatic rings. The second-order valence-electron chi connectivity index (χ2n) is 6.46. The predicted molar refractivity (Wildman–Crippen MR) is 106 cm³/mol. The first kappa shape index (κ1) is 19.0. The lowest BCUT2D eigenvalue weighted by atomic mass is 9.96. The Hall–Kier alpha value is -1.77. The van der Waals surface area contributed by atoms with Crippen LogP contribution in [0.25, 0.3) is 0 Å². The predicted octanol–water partition coefficient (Wildman–Crippen LogP) is 4.16. The molecule has 0 aliphatic carbocycles. The fourth-order valence-corrected chi connectivity index (χ4v) is 5.34. The van der Waals surface area contributed by atoms with Gasteiger partial charge in [-0.25, -0.2) is 0 Å². The third-order valence-corrected chi connectivity index (χ3v) is 6.48. The number of fused-ring (bicyclic) bond motifs is 1. The summed E-state index contributed by atoms with van der Waals surface area (Å²) in [4.78, 5) is 26.3. The number of rotatable bonds is 5. The summed E-state index contributed by atoms with van der Waals surface area (Å²) in [5.41, 5.74) is 1.77. The maximum absolute atomic E-state index is 12.2. The summed E-state index contributed by atoms with van der Waals surface area (Å²) in [6.07, 6.45) is 1.02. The normalized spacial score (nSPS) is 19.8. The third-order valence-electron chi connectivity index (χ3n) is 4.80. The molecule has 0 bridgehead atoms. The van der Waals surface area contributed by atoms with Crippen LogP contribution in [0.3, 0.4) is 0 Å². The smallest absolute Gasteiger partial charge is 0.269 e. The third kappa shape index (κ3) is 3.97. The Morgan fingerprint density at radius 1 is 1.38 bits per heavy atom.